The zero-order chi connectivity index (χ0) is 17.5. The Labute approximate surface area is 157 Å². The van der Waals surface area contributed by atoms with Crippen LogP contribution in [0.5, 0.6) is 0 Å². The summed E-state index contributed by atoms with van der Waals surface area (Å²) >= 11 is 0. The van der Waals surface area contributed by atoms with Crippen molar-refractivity contribution in [1.82, 2.24) is 0 Å². The normalized spacial score (nSPS) is 12.1. The first kappa shape index (κ1) is 28.7. The van der Waals surface area contributed by atoms with Gasteiger partial charge in [0.25, 0.3) is 0 Å². The van der Waals surface area contributed by atoms with Crippen molar-refractivity contribution in [1.29, 1.82) is 0 Å². The van der Waals surface area contributed by atoms with Crippen LogP contribution >= 0.6 is 7.26 Å². The summed E-state index contributed by atoms with van der Waals surface area (Å²) < 4.78 is 31.6. The van der Waals surface area contributed by atoms with Crippen molar-refractivity contribution in [2.24, 2.45) is 0 Å². The van der Waals surface area contributed by atoms with Crippen molar-refractivity contribution in [2.75, 3.05) is 24.6 Å². The van der Waals surface area contributed by atoms with Gasteiger partial charge in [-0.2, -0.15) is 8.42 Å². The Morgan fingerprint density at radius 2 is 0.826 bits per heavy atom. The van der Waals surface area contributed by atoms with Crippen molar-refractivity contribution in [2.45, 2.75) is 79.1 Å². The second-order valence-corrected chi connectivity index (χ2v) is 12.3. The van der Waals surface area contributed by atoms with Gasteiger partial charge in [-0.05, 0) is 0 Å². The number of rotatable bonds is 12. The van der Waals surface area contributed by atoms with Crippen LogP contribution in [0.2, 0.25) is 0 Å². The molecule has 0 saturated heterocycles. The maximum absolute atomic E-state index is 8.74. The van der Waals surface area contributed by atoms with Gasteiger partial charge < -0.3 is 0 Å². The third kappa shape index (κ3) is 22.9. The molecule has 0 amide bonds. The Morgan fingerprint density at radius 3 is 0.957 bits per heavy atom. The summed E-state index contributed by atoms with van der Waals surface area (Å²) in [5.41, 5.74) is 0. The molecular weight excluding hydrogens is 326 g/mol. The van der Waals surface area contributed by atoms with E-state index in [1.54, 1.807) is 24.6 Å². The molecule has 4 nitrogen and oxygen atoms in total. The topological polar surface area (TPSA) is 74.6 Å². The SMILES string of the molecule is CCCC[PH](CCCC)(CCCC)CCCC.O=S(=O)(O)O.[LiH]. The fourth-order valence-corrected chi connectivity index (χ4v) is 8.87. The van der Waals surface area contributed by atoms with E-state index in [9.17, 15) is 0 Å². The van der Waals surface area contributed by atoms with Crippen molar-refractivity contribution in [3.63, 3.8) is 0 Å². The van der Waals surface area contributed by atoms with E-state index in [1.807, 2.05) is 0 Å². The fourth-order valence-electron chi connectivity index (χ4n) is 2.96. The zero-order valence-corrected chi connectivity index (χ0v) is 16.9. The molecule has 0 aromatic rings. The molecule has 0 aromatic heterocycles. The van der Waals surface area contributed by atoms with Crippen LogP contribution in [0.15, 0.2) is 0 Å². The molecule has 0 saturated carbocycles. The average Bonchev–Trinajstić information content (AvgIpc) is 2.44. The average molecular weight is 366 g/mol. The molecule has 140 valence electrons. The molecule has 0 radical (unpaired) electrons. The first-order valence-corrected chi connectivity index (χ1v) is 13.2. The van der Waals surface area contributed by atoms with E-state index in [4.69, 9.17) is 17.5 Å². The molecule has 0 heterocycles. The minimum atomic E-state index is -4.67. The Morgan fingerprint density at radius 1 is 0.652 bits per heavy atom. The molecule has 0 spiro atoms. The molecule has 0 aromatic carbocycles. The summed E-state index contributed by atoms with van der Waals surface area (Å²) in [4.78, 5) is 0. The molecule has 0 aliphatic rings. The van der Waals surface area contributed by atoms with Gasteiger partial charge in [0, 0.05) is 0 Å². The van der Waals surface area contributed by atoms with Crippen LogP contribution in [0.1, 0.15) is 79.1 Å². The molecule has 23 heavy (non-hydrogen) atoms. The van der Waals surface area contributed by atoms with Gasteiger partial charge in [0.05, 0.1) is 0 Å². The standard InChI is InChI=1S/C16H37P.Li.H2O4S.H/c1-5-9-13-17(14-10-6-2,15-11-7-3)16-12-8-4;;1-5(2,3)4;/h17H,5-16H2,1-4H3;;(H2,1,2,3,4);. The van der Waals surface area contributed by atoms with Crippen LogP contribution in [0.25, 0.3) is 0 Å². The van der Waals surface area contributed by atoms with Gasteiger partial charge in [0.1, 0.15) is 0 Å². The monoisotopic (exact) mass is 366 g/mol. The summed E-state index contributed by atoms with van der Waals surface area (Å²) in [5.74, 6) is 0. The van der Waals surface area contributed by atoms with E-state index in [1.165, 1.54) is 51.4 Å². The van der Waals surface area contributed by atoms with Gasteiger partial charge in [-0.3, -0.25) is 9.11 Å². The molecule has 0 aliphatic carbocycles. The molecule has 0 fully saturated rings. The van der Waals surface area contributed by atoms with Gasteiger partial charge in [-0.1, -0.05) is 0 Å². The minimum absolute atomic E-state index is 0. The summed E-state index contributed by atoms with van der Waals surface area (Å²) in [7, 11) is -5.55. The molecule has 7 heteroatoms. The molecule has 0 aliphatic heterocycles. The Kier molecular flexibility index (Phi) is 22.1. The predicted molar refractivity (Wildman–Crippen MR) is 109 cm³/mol. The van der Waals surface area contributed by atoms with Gasteiger partial charge in [0.15, 0.2) is 0 Å². The Bertz CT molecular complexity index is 291. The first-order valence-electron chi connectivity index (χ1n) is 8.94. The van der Waals surface area contributed by atoms with E-state index in [0.717, 1.165) is 0 Å². The van der Waals surface area contributed by atoms with Gasteiger partial charge in [0.2, 0.25) is 0 Å². The molecule has 0 atom stereocenters. The number of hydrogen-bond donors (Lipinski definition) is 2. The molecular formula is C16H40LiO4PS. The summed E-state index contributed by atoms with van der Waals surface area (Å²) in [6.07, 6.45) is 18.1. The molecule has 0 rings (SSSR count). The van der Waals surface area contributed by atoms with Crippen LogP contribution in [0.3, 0.4) is 0 Å². The maximum atomic E-state index is 8.74. The molecule has 0 bridgehead atoms. The van der Waals surface area contributed by atoms with Crippen LogP contribution < -0.4 is 0 Å². The van der Waals surface area contributed by atoms with Crippen molar-refractivity contribution in [3.05, 3.63) is 0 Å². The van der Waals surface area contributed by atoms with Gasteiger partial charge in [-0.25, -0.2) is 0 Å². The fraction of sp³-hybridized carbons (Fsp3) is 1.00. The Hall–Kier alpha value is 0.897. The summed E-state index contributed by atoms with van der Waals surface area (Å²) in [5, 5.41) is 0. The first-order chi connectivity index (χ1) is 10.2. The number of hydrogen-bond acceptors (Lipinski definition) is 2. The Balaban J connectivity index is -0.000000578. The van der Waals surface area contributed by atoms with Gasteiger partial charge >= 0.3 is 140 Å². The quantitative estimate of drug-likeness (QED) is 0.300. The second kappa shape index (κ2) is 17.7. The van der Waals surface area contributed by atoms with E-state index >= 15 is 0 Å². The van der Waals surface area contributed by atoms with E-state index in [0.29, 0.717) is 0 Å². The third-order valence-corrected chi connectivity index (χ3v) is 9.90. The van der Waals surface area contributed by atoms with Gasteiger partial charge in [-0.15, -0.1) is 0 Å². The third-order valence-electron chi connectivity index (χ3n) is 4.24. The summed E-state index contributed by atoms with van der Waals surface area (Å²) in [6.45, 7) is 9.44. The second-order valence-electron chi connectivity index (χ2n) is 6.36. The number of unbranched alkanes of at least 4 members (excludes halogenated alkanes) is 4. The molecule has 0 unspecified atom stereocenters. The van der Waals surface area contributed by atoms with E-state index < -0.39 is 17.7 Å². The van der Waals surface area contributed by atoms with E-state index in [-0.39, 0.29) is 18.9 Å². The molecule has 2 N–H and O–H groups in total. The van der Waals surface area contributed by atoms with Crippen LogP contribution in [0, 0.1) is 0 Å². The van der Waals surface area contributed by atoms with Crippen molar-refractivity contribution in [3.8, 4) is 0 Å². The zero-order valence-electron chi connectivity index (χ0n) is 15.1. The van der Waals surface area contributed by atoms with E-state index in [2.05, 4.69) is 27.7 Å². The summed E-state index contributed by atoms with van der Waals surface area (Å²) in [6, 6.07) is 0. The van der Waals surface area contributed by atoms with Crippen LogP contribution in [-0.4, -0.2) is 61.0 Å². The van der Waals surface area contributed by atoms with Crippen LogP contribution in [-0.2, 0) is 10.4 Å². The predicted octanol–water partition coefficient (Wildman–Crippen LogP) is 4.64. The van der Waals surface area contributed by atoms with Crippen molar-refractivity contribution < 1.29 is 17.5 Å². The van der Waals surface area contributed by atoms with Crippen LogP contribution in [0.4, 0.5) is 0 Å². The van der Waals surface area contributed by atoms with Crippen molar-refractivity contribution >= 4 is 36.5 Å².